The molecule has 0 aliphatic carbocycles. The third-order valence-corrected chi connectivity index (χ3v) is 4.39. The van der Waals surface area contributed by atoms with Crippen molar-refractivity contribution in [3.05, 3.63) is 45.9 Å². The fourth-order valence-corrected chi connectivity index (χ4v) is 3.12. The smallest absolute Gasteiger partial charge is 0.391 e. The standard InChI is InChI=1S/C16H13F4NO3S/c1-8-11(9-2-4-10(17)5-3-9)6-13(25-8)14(22)21-12(15(23)24)7-16(18,19)20/h2-6,12H,7H2,1H3,(H,21,22)(H,23,24). The molecule has 4 nitrogen and oxygen atoms in total. The Balaban J connectivity index is 2.21. The molecule has 0 saturated carbocycles. The second-order valence-corrected chi connectivity index (χ2v) is 6.53. The predicted octanol–water partition coefficient (Wildman–Crippen LogP) is 4.00. The summed E-state index contributed by atoms with van der Waals surface area (Å²) in [4.78, 5) is 23.8. The highest BCUT2D eigenvalue weighted by atomic mass is 32.1. The Morgan fingerprint density at radius 2 is 1.84 bits per heavy atom. The predicted molar refractivity (Wildman–Crippen MR) is 84.0 cm³/mol. The first-order chi connectivity index (χ1) is 11.6. The number of aryl methyl sites for hydroxylation is 1. The van der Waals surface area contributed by atoms with Gasteiger partial charge in [0.15, 0.2) is 0 Å². The molecule has 0 spiro atoms. The van der Waals surface area contributed by atoms with Crippen LogP contribution in [0.15, 0.2) is 30.3 Å². The van der Waals surface area contributed by atoms with Gasteiger partial charge >= 0.3 is 12.1 Å². The van der Waals surface area contributed by atoms with Crippen molar-refractivity contribution >= 4 is 23.2 Å². The van der Waals surface area contributed by atoms with Crippen molar-refractivity contribution in [2.45, 2.75) is 25.6 Å². The minimum atomic E-state index is -4.72. The van der Waals surface area contributed by atoms with Gasteiger partial charge in [0.2, 0.25) is 0 Å². The number of benzene rings is 1. The van der Waals surface area contributed by atoms with Crippen molar-refractivity contribution in [2.75, 3.05) is 0 Å². The quantitative estimate of drug-likeness (QED) is 0.777. The third kappa shape index (κ3) is 5.02. The van der Waals surface area contributed by atoms with Crippen LogP contribution in [-0.2, 0) is 4.79 Å². The largest absolute Gasteiger partial charge is 0.480 e. The van der Waals surface area contributed by atoms with Crippen molar-refractivity contribution in [1.82, 2.24) is 5.32 Å². The molecule has 2 aromatic rings. The number of carboxylic acids is 1. The highest BCUT2D eigenvalue weighted by Gasteiger charge is 2.36. The molecule has 1 unspecified atom stereocenters. The van der Waals surface area contributed by atoms with Crippen molar-refractivity contribution in [3.8, 4) is 11.1 Å². The van der Waals surface area contributed by atoms with Crippen LogP contribution in [-0.4, -0.2) is 29.2 Å². The van der Waals surface area contributed by atoms with Crippen LogP contribution in [0.4, 0.5) is 17.6 Å². The molecule has 1 amide bonds. The monoisotopic (exact) mass is 375 g/mol. The number of thiophene rings is 1. The van der Waals surface area contributed by atoms with Gasteiger partial charge < -0.3 is 10.4 Å². The Morgan fingerprint density at radius 3 is 2.36 bits per heavy atom. The van der Waals surface area contributed by atoms with E-state index in [1.807, 2.05) is 5.32 Å². The highest BCUT2D eigenvalue weighted by molar-refractivity contribution is 7.14. The minimum Gasteiger partial charge on any atom is -0.480 e. The van der Waals surface area contributed by atoms with Crippen LogP contribution in [0.5, 0.6) is 0 Å². The maximum atomic E-state index is 13.0. The maximum absolute atomic E-state index is 13.0. The Bertz CT molecular complexity index is 784. The van der Waals surface area contributed by atoms with Crippen LogP contribution in [0, 0.1) is 12.7 Å². The van der Waals surface area contributed by atoms with Crippen LogP contribution in [0.3, 0.4) is 0 Å². The zero-order valence-corrected chi connectivity index (χ0v) is 13.7. The molecule has 0 saturated heterocycles. The molecular formula is C16H13F4NO3S. The summed E-state index contributed by atoms with van der Waals surface area (Å²) in [5, 5.41) is 10.7. The number of rotatable bonds is 5. The molecular weight excluding hydrogens is 362 g/mol. The van der Waals surface area contributed by atoms with Gasteiger partial charge in [0.25, 0.3) is 5.91 Å². The number of carbonyl (C=O) groups is 2. The van der Waals surface area contributed by atoms with Gasteiger partial charge in [-0.25, -0.2) is 9.18 Å². The third-order valence-electron chi connectivity index (χ3n) is 3.34. The van der Waals surface area contributed by atoms with E-state index in [2.05, 4.69) is 0 Å². The molecule has 0 aliphatic rings. The average molecular weight is 375 g/mol. The van der Waals surface area contributed by atoms with Gasteiger partial charge in [-0.2, -0.15) is 13.2 Å². The van der Waals surface area contributed by atoms with E-state index in [0.717, 1.165) is 11.3 Å². The first kappa shape index (κ1) is 18.9. The lowest BCUT2D eigenvalue weighted by Crippen LogP contribution is -2.43. The van der Waals surface area contributed by atoms with Crippen molar-refractivity contribution in [1.29, 1.82) is 0 Å². The fourth-order valence-electron chi connectivity index (χ4n) is 2.17. The topological polar surface area (TPSA) is 66.4 Å². The second-order valence-electron chi connectivity index (χ2n) is 5.27. The van der Waals surface area contributed by atoms with Crippen LogP contribution >= 0.6 is 11.3 Å². The van der Waals surface area contributed by atoms with Crippen LogP contribution < -0.4 is 5.32 Å². The Labute approximate surface area is 144 Å². The number of amides is 1. The summed E-state index contributed by atoms with van der Waals surface area (Å²) in [5.74, 6) is -3.10. The number of nitrogens with one attached hydrogen (secondary N) is 1. The summed E-state index contributed by atoms with van der Waals surface area (Å²) in [6.45, 7) is 1.70. The molecule has 9 heteroatoms. The number of hydrogen-bond donors (Lipinski definition) is 2. The van der Waals surface area contributed by atoms with E-state index in [0.29, 0.717) is 16.0 Å². The van der Waals surface area contributed by atoms with E-state index in [1.54, 1.807) is 6.92 Å². The molecule has 1 aromatic carbocycles. The van der Waals surface area contributed by atoms with Crippen molar-refractivity contribution in [2.24, 2.45) is 0 Å². The minimum absolute atomic E-state index is 0.0743. The van der Waals surface area contributed by atoms with Gasteiger partial charge in [-0.05, 0) is 36.2 Å². The summed E-state index contributed by atoms with van der Waals surface area (Å²) in [7, 11) is 0. The number of aliphatic carboxylic acids is 1. The van der Waals surface area contributed by atoms with Gasteiger partial charge in [-0.15, -0.1) is 11.3 Å². The van der Waals surface area contributed by atoms with E-state index in [-0.39, 0.29) is 4.88 Å². The molecule has 0 fully saturated rings. The number of halogens is 4. The molecule has 134 valence electrons. The van der Waals surface area contributed by atoms with E-state index in [4.69, 9.17) is 5.11 Å². The van der Waals surface area contributed by atoms with Gasteiger partial charge in [0.1, 0.15) is 11.9 Å². The van der Waals surface area contributed by atoms with E-state index in [1.165, 1.54) is 30.3 Å². The SMILES string of the molecule is Cc1sc(C(=O)NC(CC(F)(F)F)C(=O)O)cc1-c1ccc(F)cc1. The molecule has 2 N–H and O–H groups in total. The Hall–Kier alpha value is -2.42. The molecule has 2 rings (SSSR count). The van der Waals surface area contributed by atoms with Gasteiger partial charge in [0.05, 0.1) is 11.3 Å². The highest BCUT2D eigenvalue weighted by Crippen LogP contribution is 2.31. The average Bonchev–Trinajstić information content (AvgIpc) is 2.88. The summed E-state index contributed by atoms with van der Waals surface area (Å²) < 4.78 is 50.2. The molecule has 1 heterocycles. The summed E-state index contributed by atoms with van der Waals surface area (Å²) >= 11 is 1.01. The lowest BCUT2D eigenvalue weighted by Gasteiger charge is -2.15. The second kappa shape index (κ2) is 7.22. The Morgan fingerprint density at radius 1 is 1.24 bits per heavy atom. The molecule has 0 aliphatic heterocycles. The summed E-state index contributed by atoms with van der Waals surface area (Å²) in [5.41, 5.74) is 1.26. The number of carbonyl (C=O) groups excluding carboxylic acids is 1. The van der Waals surface area contributed by atoms with Crippen molar-refractivity contribution in [3.63, 3.8) is 0 Å². The lowest BCUT2D eigenvalue weighted by molar-refractivity contribution is -0.157. The molecule has 0 radical (unpaired) electrons. The van der Waals surface area contributed by atoms with Gasteiger partial charge in [0, 0.05) is 4.88 Å². The normalized spacial score (nSPS) is 12.7. The zero-order chi connectivity index (χ0) is 18.8. The number of hydrogen-bond acceptors (Lipinski definition) is 3. The summed E-state index contributed by atoms with van der Waals surface area (Å²) in [6.07, 6.45) is -6.38. The molecule has 1 aromatic heterocycles. The van der Waals surface area contributed by atoms with E-state index >= 15 is 0 Å². The summed E-state index contributed by atoms with van der Waals surface area (Å²) in [6, 6.07) is 4.89. The van der Waals surface area contributed by atoms with Gasteiger partial charge in [-0.1, -0.05) is 12.1 Å². The maximum Gasteiger partial charge on any atom is 0.391 e. The molecule has 0 bridgehead atoms. The Kier molecular flexibility index (Phi) is 5.46. The van der Waals surface area contributed by atoms with Crippen molar-refractivity contribution < 1.29 is 32.3 Å². The zero-order valence-electron chi connectivity index (χ0n) is 12.9. The number of carboxylic acid groups (broad SMARTS) is 1. The molecule has 25 heavy (non-hydrogen) atoms. The van der Waals surface area contributed by atoms with Crippen LogP contribution in [0.2, 0.25) is 0 Å². The molecule has 1 atom stereocenters. The van der Waals surface area contributed by atoms with Crippen LogP contribution in [0.25, 0.3) is 11.1 Å². The van der Waals surface area contributed by atoms with Crippen LogP contribution in [0.1, 0.15) is 21.0 Å². The van der Waals surface area contributed by atoms with Gasteiger partial charge in [-0.3, -0.25) is 4.79 Å². The van der Waals surface area contributed by atoms with E-state index < -0.39 is 36.3 Å². The first-order valence-electron chi connectivity index (χ1n) is 7.03. The number of alkyl halides is 3. The fraction of sp³-hybridized carbons (Fsp3) is 0.250. The van der Waals surface area contributed by atoms with E-state index in [9.17, 15) is 27.2 Å². The first-order valence-corrected chi connectivity index (χ1v) is 7.85. The lowest BCUT2D eigenvalue weighted by atomic mass is 10.1.